The van der Waals surface area contributed by atoms with Gasteiger partial charge in [0, 0.05) is 91.0 Å². The molecule has 0 radical (unpaired) electrons. The van der Waals surface area contributed by atoms with Crippen LogP contribution in [0.4, 0.5) is 114 Å². The van der Waals surface area contributed by atoms with Gasteiger partial charge >= 0.3 is 139 Å². The maximum absolute atomic E-state index is 14.6. The average molecular weight is 2150 g/mol. The van der Waals surface area contributed by atoms with Crippen molar-refractivity contribution < 1.29 is 269 Å². The molecule has 0 amide bonds. The number of carboxylic acid groups (broad SMARTS) is 2. The number of aliphatic hydroxyl groups is 4. The first-order valence-electron chi connectivity index (χ1n) is 38.8. The fraction of sp³-hybridized carbons (Fsp3) is 0.535. The zero-order chi connectivity index (χ0) is 110. The Morgan fingerprint density at radius 1 is 0.472 bits per heavy atom. The zero-order valence-electron chi connectivity index (χ0n) is 74.9. The lowest BCUT2D eigenvalue weighted by molar-refractivity contribution is -0.502. The lowest BCUT2D eigenvalue weighted by atomic mass is 10.0. The molecule has 0 saturated carbocycles. The first-order chi connectivity index (χ1) is 63.9. The number of unbranched alkanes of at least 4 members (excludes halogenated alkanes) is 1. The maximum Gasteiger partial charge on any atom is 0.462 e. The van der Waals surface area contributed by atoms with Crippen molar-refractivity contribution in [1.29, 1.82) is 0 Å². The third-order valence-corrected chi connectivity index (χ3v) is 15.3. The summed E-state index contributed by atoms with van der Waals surface area (Å²) in [5.41, 5.74) is -4.04. The number of hydrogen-bond donors (Lipinski definition) is 6. The summed E-state index contributed by atoms with van der Waals surface area (Å²) in [4.78, 5) is 137. The van der Waals surface area contributed by atoms with Crippen LogP contribution >= 0.6 is 0 Å². The summed E-state index contributed by atoms with van der Waals surface area (Å²) in [6.45, 7) is 12.1. The normalized spacial score (nSPS) is 14.0. The minimum atomic E-state index is -7.35. The van der Waals surface area contributed by atoms with Gasteiger partial charge in [-0.15, -0.1) is 0 Å². The highest BCUT2D eigenvalue weighted by Crippen LogP contribution is 2.54. The van der Waals surface area contributed by atoms with E-state index in [4.69, 9.17) is 54.3 Å². The van der Waals surface area contributed by atoms with Crippen LogP contribution in [0.25, 0.3) is 0 Å². The van der Waals surface area contributed by atoms with Crippen LogP contribution in [0.15, 0.2) is 109 Å². The van der Waals surface area contributed by atoms with E-state index in [2.05, 4.69) is 77.3 Å². The Morgan fingerprint density at radius 2 is 0.847 bits per heavy atom. The second-order valence-electron chi connectivity index (χ2n) is 27.6. The summed E-state index contributed by atoms with van der Waals surface area (Å²) in [5, 5.41) is 49.4. The van der Waals surface area contributed by atoms with Gasteiger partial charge in [-0.25, -0.2) is 60.7 Å². The molecule has 0 aromatic heterocycles. The number of esters is 7. The van der Waals surface area contributed by atoms with Crippen molar-refractivity contribution in [3.63, 3.8) is 0 Å². The lowest BCUT2D eigenvalue weighted by Crippen LogP contribution is -2.60. The third kappa shape index (κ3) is 49.8. The summed E-state index contributed by atoms with van der Waals surface area (Å²) in [7, 11) is 5.18. The highest BCUT2D eigenvalue weighted by Gasteiger charge is 2.79. The van der Waals surface area contributed by atoms with Crippen LogP contribution in [-0.4, -0.2) is 273 Å². The van der Waals surface area contributed by atoms with Crippen LogP contribution < -0.4 is 9.47 Å². The van der Waals surface area contributed by atoms with Crippen molar-refractivity contribution in [2.45, 2.75) is 222 Å². The molecule has 2 heterocycles. The molecule has 32 nitrogen and oxygen atoms in total. The van der Waals surface area contributed by atoms with Crippen molar-refractivity contribution in [2.75, 3.05) is 74.2 Å². The van der Waals surface area contributed by atoms with Crippen LogP contribution in [0.2, 0.25) is 0 Å². The average Bonchev–Trinajstić information content (AvgIpc) is 0.864. The first kappa shape index (κ1) is 145. The molecule has 58 heteroatoms. The fourth-order valence-electron chi connectivity index (χ4n) is 7.96. The molecule has 4 aromatic carbocycles. The number of ether oxygens (including phenoxy) is 14. The first-order valence-corrected chi connectivity index (χ1v) is 38.8. The number of aromatic carboxylic acids is 2. The molecule has 0 bridgehead atoms. The van der Waals surface area contributed by atoms with Crippen molar-refractivity contribution in [1.82, 2.24) is 0 Å². The number of halogens is 26. The van der Waals surface area contributed by atoms with Crippen molar-refractivity contribution in [3.05, 3.63) is 154 Å². The van der Waals surface area contributed by atoms with Gasteiger partial charge in [0.2, 0.25) is 5.78 Å². The number of hydrogen-bond acceptors (Lipinski definition) is 30. The van der Waals surface area contributed by atoms with Crippen molar-refractivity contribution in [3.8, 4) is 11.5 Å². The van der Waals surface area contributed by atoms with Gasteiger partial charge < -0.3 is 78.0 Å². The molecule has 6 rings (SSSR count). The largest absolute Gasteiger partial charge is 0.478 e. The van der Waals surface area contributed by atoms with E-state index in [1.54, 1.807) is 45.6 Å². The van der Waals surface area contributed by atoms with E-state index in [9.17, 15) is 172 Å². The van der Waals surface area contributed by atoms with E-state index in [0.29, 0.717) is 47.8 Å². The van der Waals surface area contributed by atoms with E-state index in [0.717, 1.165) is 63.0 Å². The van der Waals surface area contributed by atoms with Gasteiger partial charge in [-0.2, -0.15) is 96.6 Å². The predicted molar refractivity (Wildman–Crippen MR) is 446 cm³/mol. The van der Waals surface area contributed by atoms with Gasteiger partial charge in [-0.05, 0) is 114 Å². The summed E-state index contributed by atoms with van der Waals surface area (Å²) in [6.07, 6.45) is -55.6. The Hall–Kier alpha value is -11.7. The van der Waals surface area contributed by atoms with E-state index in [1.165, 1.54) is 38.8 Å². The van der Waals surface area contributed by atoms with E-state index in [-0.39, 0.29) is 74.3 Å². The van der Waals surface area contributed by atoms with Gasteiger partial charge in [-0.3, -0.25) is 33.3 Å². The van der Waals surface area contributed by atoms with Gasteiger partial charge in [0.1, 0.15) is 11.5 Å². The molecule has 0 fully saturated rings. The van der Waals surface area contributed by atoms with Crippen LogP contribution in [0.1, 0.15) is 207 Å². The molecule has 6 unspecified atom stereocenters. The summed E-state index contributed by atoms with van der Waals surface area (Å²) >= 11 is 0. The number of Topliss-reactive ketones (excluding diaryl/α,β-unsaturated/α-hetero) is 2. The summed E-state index contributed by atoms with van der Waals surface area (Å²) in [6, 6.07) is 12.9. The maximum atomic E-state index is 14.6. The monoisotopic (exact) mass is 2150 g/mol. The fourth-order valence-corrected chi connectivity index (χ4v) is 7.96. The quantitative estimate of drug-likeness (QED) is 0.00457. The highest BCUT2D eigenvalue weighted by atomic mass is 19.4. The predicted octanol–water partition coefficient (Wildman–Crippen LogP) is 18.6. The van der Waals surface area contributed by atoms with E-state index in [1.807, 2.05) is 0 Å². The molecule has 826 valence electrons. The Bertz CT molecular complexity index is 4630. The zero-order valence-corrected chi connectivity index (χ0v) is 74.9. The Morgan fingerprint density at radius 3 is 1.14 bits per heavy atom. The summed E-state index contributed by atoms with van der Waals surface area (Å²) in [5.74, 6) is -41.7. The minimum absolute atomic E-state index is 0. The SMILES string of the molecule is C.C.C.C.CC(F)(OC(F)(F)C(F)(F)C(F)(F)F)C(F)(F)OC(F)C(F)(F)Oc1cc(C(=O)O)cc(C(=O)O)c1.CC(O)CO.CCC(C)OC.CCCCOC.CCOC(=O)/C=C/C(=O)COC(=O)c1ccccc1C(=O)COC(=O)c1cc(OC(F)(F)C(F)OC(F)(F)C(C)(F)OC(F)(F)C(F)(F)C(F)(F)F)cc(C(C)=O)c1.COCC(C)C.O=C1C=CC(=O)O1.O=C1OC(=O)c2ccccc21.OCCCO. The molecular weight excluding hydrogens is 2040 g/mol. The topological polar surface area (TPSA) is 455 Å². The summed E-state index contributed by atoms with van der Waals surface area (Å²) < 4.78 is 400. The number of cyclic esters (lactones) is 4. The van der Waals surface area contributed by atoms with Crippen molar-refractivity contribution >= 4 is 71.1 Å². The number of methoxy groups -OCH3 is 3. The van der Waals surface area contributed by atoms with E-state index >= 15 is 0 Å². The molecule has 4 aromatic rings. The Labute approximate surface area is 805 Å². The van der Waals surface area contributed by atoms with Gasteiger partial charge in [0.25, 0.3) is 0 Å². The Kier molecular flexibility index (Phi) is 65.5. The molecule has 6 atom stereocenters. The van der Waals surface area contributed by atoms with Crippen LogP contribution in [0.5, 0.6) is 11.5 Å². The number of alkyl halides is 26. The molecule has 0 saturated heterocycles. The highest BCUT2D eigenvalue weighted by molar-refractivity contribution is 6.14. The molecule has 144 heavy (non-hydrogen) atoms. The smallest absolute Gasteiger partial charge is 0.462 e. The lowest BCUT2D eigenvalue weighted by Gasteiger charge is -2.36. The van der Waals surface area contributed by atoms with Crippen LogP contribution in [0.3, 0.4) is 0 Å². The van der Waals surface area contributed by atoms with Gasteiger partial charge in [-0.1, -0.05) is 94.2 Å². The molecule has 6 N–H and O–H groups in total. The number of carbonyl (C=O) groups excluding carboxylic acids is 10. The molecule has 0 spiro atoms. The van der Waals surface area contributed by atoms with Gasteiger partial charge in [0.05, 0.1) is 58.8 Å². The van der Waals surface area contributed by atoms with Gasteiger partial charge in [0.15, 0.2) is 24.8 Å². The van der Waals surface area contributed by atoms with Crippen LogP contribution in [-0.2, 0) is 76.0 Å². The number of benzene rings is 4. The number of fused-ring (bicyclic) bond motifs is 1. The minimum Gasteiger partial charge on any atom is -0.478 e. The third-order valence-electron chi connectivity index (χ3n) is 15.3. The van der Waals surface area contributed by atoms with Crippen LogP contribution in [0, 0.1) is 5.92 Å². The number of ketones is 3. The van der Waals surface area contributed by atoms with E-state index < -0.39 is 234 Å². The molecular formula is C86H108F26O32. The molecule has 2 aliphatic heterocycles. The standard InChI is InChI=1S/C33H25F13O12.C16H9F13O7.C8H4O3.3C5H12O.C4H2O3.2C3H8O2.4CH4/c1-4-53-24(50)10-9-19(48)14-54-26(52)22-8-6-5-7-21(22)23(49)15-55-25(51)18-11-17(16(2)47)12-20(13-18)56-29(36,37)27(34)57-32(43,44)28(3,35)58-33(45,46)30(38,39)31(40,41)42;1-11(18,36-16(28,29)13(21,22)14(23,24)25)15(26,27)35-10(17)12(19,20)34-7-3-5(8(30)31)2-6(4-7)9(32)33;9-7-5-3-1-2-4-6(5)8(10)11-7;1-5(2)4-6-3;1-4-5(2)6-3;1-3-4-5-6-2;5-3-1-2-4(6)7-3;1-3(5)2-4;4-2-1-3-5;;;;/h5-13,27H,4,14-15H2,1-3H3;2-4,10H,1H3,(H,30,31)(H,32,33);1-4H;2*5H,4H2,1-3H3;3-5H2,1-2H3;1-2H;3-5H,2H2,1H3;4-5H,1-3H2;4*1H4/b10-9+;;;;;;;;;;;;. The molecule has 2 aliphatic rings. The second kappa shape index (κ2) is 65.0. The number of rotatable bonds is 41. The van der Waals surface area contributed by atoms with Crippen molar-refractivity contribution in [2.24, 2.45) is 5.92 Å². The number of carbonyl (C=O) groups is 12. The number of aliphatic hydroxyl groups excluding tert-OH is 4. The second-order valence-corrected chi connectivity index (χ2v) is 27.6. The molecule has 0 aliphatic carbocycles. The Balaban J connectivity index is -0.000000364. The number of carboxylic acids is 2.